The molecule has 2 amide bonds. The highest BCUT2D eigenvalue weighted by Gasteiger charge is 2.30. The van der Waals surface area contributed by atoms with Crippen molar-refractivity contribution in [3.8, 4) is 0 Å². The maximum atomic E-state index is 12.6. The molecule has 1 fully saturated rings. The zero-order valence-electron chi connectivity index (χ0n) is 15.4. The molecule has 3 rings (SSSR count). The molecule has 0 bridgehead atoms. The number of piperidine rings is 1. The molecule has 0 atom stereocenters. The Morgan fingerprint density at radius 1 is 1.16 bits per heavy atom. The van der Waals surface area contributed by atoms with Crippen LogP contribution in [0.5, 0.6) is 0 Å². The maximum Gasteiger partial charge on any atom is 0.410 e. The predicted molar refractivity (Wildman–Crippen MR) is 91.8 cm³/mol. The minimum atomic E-state index is -0.538. The van der Waals surface area contributed by atoms with Gasteiger partial charge in [0.15, 0.2) is 0 Å². The summed E-state index contributed by atoms with van der Waals surface area (Å²) in [6.45, 7) is 10.00. The Hall–Kier alpha value is -2.18. The van der Waals surface area contributed by atoms with Crippen LogP contribution in [0.2, 0.25) is 0 Å². The minimum Gasteiger partial charge on any atom is -0.444 e. The lowest BCUT2D eigenvalue weighted by Gasteiger charge is -2.29. The minimum absolute atomic E-state index is 0.120. The Morgan fingerprint density at radius 2 is 1.84 bits per heavy atom. The molecular weight excluding hydrogens is 320 g/mol. The summed E-state index contributed by atoms with van der Waals surface area (Å²) in [6, 6.07) is 0. The van der Waals surface area contributed by atoms with Crippen molar-refractivity contribution in [2.75, 3.05) is 13.1 Å². The largest absolute Gasteiger partial charge is 0.444 e. The first-order chi connectivity index (χ1) is 11.7. The fourth-order valence-corrected chi connectivity index (χ4v) is 3.07. The van der Waals surface area contributed by atoms with Gasteiger partial charge in [-0.25, -0.2) is 14.8 Å². The van der Waals surface area contributed by atoms with E-state index in [0.29, 0.717) is 19.0 Å². The normalized spacial score (nSPS) is 18.2. The summed E-state index contributed by atoms with van der Waals surface area (Å²) in [6.07, 6.45) is 3.32. The summed E-state index contributed by atoms with van der Waals surface area (Å²) in [7, 11) is 0. The van der Waals surface area contributed by atoms with E-state index in [1.807, 2.05) is 25.7 Å². The predicted octanol–water partition coefficient (Wildman–Crippen LogP) is 2.60. The first-order valence-electron chi connectivity index (χ1n) is 8.85. The zero-order chi connectivity index (χ0) is 18.2. The van der Waals surface area contributed by atoms with Crippen LogP contribution in [-0.2, 0) is 17.8 Å². The second kappa shape index (κ2) is 6.61. The van der Waals surface area contributed by atoms with Gasteiger partial charge in [0.1, 0.15) is 5.60 Å². The highest BCUT2D eigenvalue weighted by molar-refractivity contribution is 5.90. The number of carbonyl (C=O) groups excluding carboxylic acids is 2. The van der Waals surface area contributed by atoms with E-state index in [9.17, 15) is 9.59 Å². The molecule has 2 aliphatic heterocycles. The topological polar surface area (TPSA) is 75.6 Å². The standard InChI is InChI=1S/C18H26N4O3/c1-12-5-7-21(8-6-12)16(23)15-19-9-13-10-22(11-14(13)20-15)17(24)25-18(2,3)4/h9,12H,5-8,10-11H2,1-4H3. The Labute approximate surface area is 148 Å². The number of aromatic nitrogens is 2. The van der Waals surface area contributed by atoms with Crippen molar-refractivity contribution in [2.24, 2.45) is 5.92 Å². The summed E-state index contributed by atoms with van der Waals surface area (Å²) >= 11 is 0. The Kier molecular flexibility index (Phi) is 4.67. The van der Waals surface area contributed by atoms with Crippen LogP contribution in [-0.4, -0.2) is 50.5 Å². The SMILES string of the molecule is CC1CCN(C(=O)c2ncc3c(n2)CN(C(=O)OC(C)(C)C)C3)CC1. The molecule has 0 N–H and O–H groups in total. The Morgan fingerprint density at radius 3 is 2.48 bits per heavy atom. The number of amides is 2. The monoisotopic (exact) mass is 346 g/mol. The molecule has 2 aliphatic rings. The average molecular weight is 346 g/mol. The zero-order valence-corrected chi connectivity index (χ0v) is 15.4. The first kappa shape index (κ1) is 17.6. The van der Waals surface area contributed by atoms with E-state index >= 15 is 0 Å². The summed E-state index contributed by atoms with van der Waals surface area (Å²) in [5, 5.41) is 0. The van der Waals surface area contributed by atoms with Crippen LogP contribution in [0, 0.1) is 5.92 Å². The molecule has 136 valence electrons. The van der Waals surface area contributed by atoms with Crippen LogP contribution in [0.15, 0.2) is 6.20 Å². The van der Waals surface area contributed by atoms with Crippen LogP contribution in [0.4, 0.5) is 4.79 Å². The number of fused-ring (bicyclic) bond motifs is 1. The number of nitrogens with zero attached hydrogens (tertiary/aromatic N) is 4. The lowest BCUT2D eigenvalue weighted by atomic mass is 9.99. The summed E-state index contributed by atoms with van der Waals surface area (Å²) in [4.78, 5) is 36.9. The van der Waals surface area contributed by atoms with Gasteiger partial charge in [-0.05, 0) is 39.5 Å². The Balaban J connectivity index is 1.68. The molecule has 0 aromatic carbocycles. The molecule has 1 saturated heterocycles. The highest BCUT2D eigenvalue weighted by atomic mass is 16.6. The number of likely N-dealkylation sites (tertiary alicyclic amines) is 1. The van der Waals surface area contributed by atoms with Gasteiger partial charge in [-0.15, -0.1) is 0 Å². The van der Waals surface area contributed by atoms with E-state index in [2.05, 4.69) is 16.9 Å². The second-order valence-electron chi connectivity index (χ2n) is 7.98. The van der Waals surface area contributed by atoms with Crippen LogP contribution >= 0.6 is 0 Å². The third-order valence-electron chi connectivity index (χ3n) is 4.57. The van der Waals surface area contributed by atoms with Gasteiger partial charge in [-0.3, -0.25) is 9.69 Å². The van der Waals surface area contributed by atoms with Gasteiger partial charge in [0.2, 0.25) is 5.82 Å². The average Bonchev–Trinajstić information content (AvgIpc) is 2.96. The smallest absolute Gasteiger partial charge is 0.410 e. The number of carbonyl (C=O) groups is 2. The van der Waals surface area contributed by atoms with Crippen molar-refractivity contribution in [3.05, 3.63) is 23.3 Å². The first-order valence-corrected chi connectivity index (χ1v) is 8.85. The molecule has 1 aromatic heterocycles. The van der Waals surface area contributed by atoms with Gasteiger partial charge >= 0.3 is 6.09 Å². The van der Waals surface area contributed by atoms with Crippen LogP contribution < -0.4 is 0 Å². The fraction of sp³-hybridized carbons (Fsp3) is 0.667. The van der Waals surface area contributed by atoms with Crippen molar-refractivity contribution in [2.45, 2.75) is 59.2 Å². The molecule has 0 unspecified atom stereocenters. The van der Waals surface area contributed by atoms with E-state index in [4.69, 9.17) is 4.74 Å². The third-order valence-corrected chi connectivity index (χ3v) is 4.57. The number of rotatable bonds is 1. The molecular formula is C18H26N4O3. The van der Waals surface area contributed by atoms with Gasteiger partial charge in [-0.1, -0.05) is 6.92 Å². The number of hydrogen-bond donors (Lipinski definition) is 0. The number of hydrogen-bond acceptors (Lipinski definition) is 5. The van der Waals surface area contributed by atoms with Crippen LogP contribution in [0.1, 0.15) is 62.4 Å². The molecule has 0 radical (unpaired) electrons. The summed E-state index contributed by atoms with van der Waals surface area (Å²) in [5.41, 5.74) is 1.06. The molecule has 25 heavy (non-hydrogen) atoms. The van der Waals surface area contributed by atoms with E-state index in [-0.39, 0.29) is 17.8 Å². The van der Waals surface area contributed by atoms with E-state index in [0.717, 1.165) is 37.2 Å². The van der Waals surface area contributed by atoms with E-state index < -0.39 is 5.60 Å². The molecule has 0 saturated carbocycles. The molecule has 0 spiro atoms. The van der Waals surface area contributed by atoms with Gasteiger partial charge in [0.25, 0.3) is 5.91 Å². The number of ether oxygens (including phenoxy) is 1. The van der Waals surface area contributed by atoms with Crippen molar-refractivity contribution < 1.29 is 14.3 Å². The summed E-state index contributed by atoms with van der Waals surface area (Å²) in [5.74, 6) is 0.761. The van der Waals surface area contributed by atoms with Gasteiger partial charge in [0, 0.05) is 24.8 Å². The van der Waals surface area contributed by atoms with Crippen molar-refractivity contribution >= 4 is 12.0 Å². The lowest BCUT2D eigenvalue weighted by molar-refractivity contribution is 0.0240. The van der Waals surface area contributed by atoms with Crippen molar-refractivity contribution in [1.29, 1.82) is 0 Å². The van der Waals surface area contributed by atoms with Crippen molar-refractivity contribution in [1.82, 2.24) is 19.8 Å². The van der Waals surface area contributed by atoms with Crippen LogP contribution in [0.3, 0.4) is 0 Å². The maximum absolute atomic E-state index is 12.6. The fourth-order valence-electron chi connectivity index (χ4n) is 3.07. The molecule has 3 heterocycles. The molecule has 1 aromatic rings. The van der Waals surface area contributed by atoms with E-state index in [1.54, 1.807) is 11.1 Å². The molecule has 7 heteroatoms. The molecule has 0 aliphatic carbocycles. The third kappa shape index (κ3) is 4.08. The van der Waals surface area contributed by atoms with Gasteiger partial charge in [0.05, 0.1) is 18.8 Å². The van der Waals surface area contributed by atoms with Gasteiger partial charge < -0.3 is 9.64 Å². The highest BCUT2D eigenvalue weighted by Crippen LogP contribution is 2.23. The second-order valence-corrected chi connectivity index (χ2v) is 7.98. The lowest BCUT2D eigenvalue weighted by Crippen LogP contribution is -2.38. The molecule has 7 nitrogen and oxygen atoms in total. The van der Waals surface area contributed by atoms with E-state index in [1.165, 1.54) is 0 Å². The quantitative estimate of drug-likeness (QED) is 0.781. The van der Waals surface area contributed by atoms with Crippen molar-refractivity contribution in [3.63, 3.8) is 0 Å². The summed E-state index contributed by atoms with van der Waals surface area (Å²) < 4.78 is 5.40. The van der Waals surface area contributed by atoms with Crippen LogP contribution in [0.25, 0.3) is 0 Å². The van der Waals surface area contributed by atoms with Gasteiger partial charge in [-0.2, -0.15) is 0 Å². The Bertz CT molecular complexity index is 675.